The van der Waals surface area contributed by atoms with Gasteiger partial charge in [0, 0.05) is 24.2 Å². The maximum absolute atomic E-state index is 11.4. The van der Waals surface area contributed by atoms with Gasteiger partial charge in [-0.15, -0.1) is 11.3 Å². The van der Waals surface area contributed by atoms with Gasteiger partial charge < -0.3 is 5.32 Å². The summed E-state index contributed by atoms with van der Waals surface area (Å²) >= 11 is 1.52. The van der Waals surface area contributed by atoms with Gasteiger partial charge in [0.15, 0.2) is 5.78 Å². The quantitative estimate of drug-likeness (QED) is 0.751. The van der Waals surface area contributed by atoms with Crippen LogP contribution >= 0.6 is 11.3 Å². The number of benzene rings is 1. The average molecular weight is 311 g/mol. The number of hydrogen-bond acceptors (Lipinski definition) is 5. The number of Topliss-reactive ketones (excluding diaryl/α,β-unsaturated/α-hetero) is 1. The van der Waals surface area contributed by atoms with Crippen molar-refractivity contribution in [1.82, 2.24) is 9.97 Å². The van der Waals surface area contributed by atoms with E-state index in [4.69, 9.17) is 0 Å². The second-order valence-corrected chi connectivity index (χ2v) is 5.93. The second-order valence-electron chi connectivity index (χ2n) is 4.90. The highest BCUT2D eigenvalue weighted by atomic mass is 32.1. The molecule has 0 radical (unpaired) electrons. The molecule has 1 aromatic carbocycles. The molecule has 0 bridgehead atoms. The van der Waals surface area contributed by atoms with E-state index in [1.165, 1.54) is 25.2 Å². The summed E-state index contributed by atoms with van der Waals surface area (Å²) in [4.78, 5) is 31.2. The van der Waals surface area contributed by atoms with Crippen LogP contribution in [0.15, 0.2) is 36.7 Å². The van der Waals surface area contributed by atoms with E-state index in [0.717, 1.165) is 20.8 Å². The molecular formula is C16H13N3O2S. The van der Waals surface area contributed by atoms with Crippen LogP contribution in [0.5, 0.6) is 0 Å². The first-order valence-electron chi connectivity index (χ1n) is 6.67. The maximum Gasteiger partial charge on any atom is 0.221 e. The number of hydrogen-bond donors (Lipinski definition) is 1. The zero-order valence-corrected chi connectivity index (χ0v) is 12.9. The Balaban J connectivity index is 2.03. The second kappa shape index (κ2) is 5.65. The molecule has 0 saturated heterocycles. The summed E-state index contributed by atoms with van der Waals surface area (Å²) < 4.78 is 1.00. The molecule has 0 aliphatic heterocycles. The minimum Gasteiger partial charge on any atom is -0.325 e. The van der Waals surface area contributed by atoms with Gasteiger partial charge >= 0.3 is 0 Å². The molecule has 0 aliphatic rings. The highest BCUT2D eigenvalue weighted by Gasteiger charge is 2.09. The SMILES string of the molecule is CC(=O)Nc1cncc(-c2nc3cc(C(C)=O)ccc3s2)c1. The Hall–Kier alpha value is -2.60. The van der Waals surface area contributed by atoms with Crippen LogP contribution in [0.3, 0.4) is 0 Å². The van der Waals surface area contributed by atoms with E-state index in [0.29, 0.717) is 11.3 Å². The Morgan fingerprint density at radius 1 is 1.14 bits per heavy atom. The number of thiazole rings is 1. The third kappa shape index (κ3) is 2.87. The van der Waals surface area contributed by atoms with Crippen molar-refractivity contribution in [2.24, 2.45) is 0 Å². The van der Waals surface area contributed by atoms with E-state index >= 15 is 0 Å². The molecule has 0 fully saturated rings. The number of nitrogens with zero attached hydrogens (tertiary/aromatic N) is 2. The number of ketones is 1. The Morgan fingerprint density at radius 2 is 1.95 bits per heavy atom. The Kier molecular flexibility index (Phi) is 3.68. The first-order valence-corrected chi connectivity index (χ1v) is 7.49. The lowest BCUT2D eigenvalue weighted by molar-refractivity contribution is -0.114. The molecule has 22 heavy (non-hydrogen) atoms. The molecule has 0 atom stereocenters. The van der Waals surface area contributed by atoms with Crippen LogP contribution in [0, 0.1) is 0 Å². The van der Waals surface area contributed by atoms with E-state index < -0.39 is 0 Å². The third-order valence-electron chi connectivity index (χ3n) is 3.10. The van der Waals surface area contributed by atoms with Crippen molar-refractivity contribution in [3.63, 3.8) is 0 Å². The number of anilines is 1. The Morgan fingerprint density at radius 3 is 2.68 bits per heavy atom. The van der Waals surface area contributed by atoms with Crippen molar-refractivity contribution >= 4 is 38.9 Å². The standard InChI is InChI=1S/C16H13N3O2S/c1-9(20)11-3-4-15-14(6-11)19-16(22-15)12-5-13(8-17-7-12)18-10(2)21/h3-8H,1-2H3,(H,18,21). The van der Waals surface area contributed by atoms with Gasteiger partial charge in [-0.25, -0.2) is 4.98 Å². The largest absolute Gasteiger partial charge is 0.325 e. The number of carbonyl (C=O) groups excluding carboxylic acids is 2. The molecule has 3 aromatic rings. The summed E-state index contributed by atoms with van der Waals surface area (Å²) in [5.74, 6) is -0.125. The number of rotatable bonds is 3. The Bertz CT molecular complexity index is 886. The normalized spacial score (nSPS) is 10.6. The molecule has 1 amide bonds. The van der Waals surface area contributed by atoms with E-state index in [1.54, 1.807) is 24.5 Å². The fourth-order valence-electron chi connectivity index (χ4n) is 2.10. The number of carbonyl (C=O) groups is 2. The molecule has 1 N–H and O–H groups in total. The summed E-state index contributed by atoms with van der Waals surface area (Å²) in [7, 11) is 0. The maximum atomic E-state index is 11.4. The first kappa shape index (κ1) is 14.3. The molecular weight excluding hydrogens is 298 g/mol. The molecule has 2 aromatic heterocycles. The van der Waals surface area contributed by atoms with Gasteiger partial charge in [-0.05, 0) is 31.2 Å². The summed E-state index contributed by atoms with van der Waals surface area (Å²) in [6.45, 7) is 2.99. The van der Waals surface area contributed by atoms with Crippen LogP contribution < -0.4 is 5.32 Å². The van der Waals surface area contributed by atoms with Gasteiger partial charge in [-0.1, -0.05) is 0 Å². The van der Waals surface area contributed by atoms with E-state index in [-0.39, 0.29) is 11.7 Å². The van der Waals surface area contributed by atoms with Crippen molar-refractivity contribution in [1.29, 1.82) is 0 Å². The average Bonchev–Trinajstić information content (AvgIpc) is 2.89. The smallest absolute Gasteiger partial charge is 0.221 e. The van der Waals surface area contributed by atoms with Crippen LogP contribution in [0.2, 0.25) is 0 Å². The summed E-state index contributed by atoms with van der Waals surface area (Å²) in [5, 5.41) is 3.50. The van der Waals surface area contributed by atoms with Crippen LogP contribution in [-0.4, -0.2) is 21.7 Å². The molecule has 110 valence electrons. The number of pyridine rings is 1. The van der Waals surface area contributed by atoms with Crippen molar-refractivity contribution in [2.45, 2.75) is 13.8 Å². The first-order chi connectivity index (χ1) is 10.5. The number of amides is 1. The van der Waals surface area contributed by atoms with Gasteiger partial charge in [0.1, 0.15) is 5.01 Å². The third-order valence-corrected chi connectivity index (χ3v) is 4.19. The zero-order valence-electron chi connectivity index (χ0n) is 12.1. The van der Waals surface area contributed by atoms with Crippen molar-refractivity contribution in [2.75, 3.05) is 5.32 Å². The zero-order chi connectivity index (χ0) is 15.7. The lowest BCUT2D eigenvalue weighted by atomic mass is 10.1. The summed E-state index contributed by atoms with van der Waals surface area (Å²) in [6.07, 6.45) is 3.29. The number of fused-ring (bicyclic) bond motifs is 1. The van der Waals surface area contributed by atoms with Gasteiger partial charge in [0.2, 0.25) is 5.91 Å². The highest BCUT2D eigenvalue weighted by Crippen LogP contribution is 2.31. The number of nitrogens with one attached hydrogen (secondary N) is 1. The van der Waals surface area contributed by atoms with Gasteiger partial charge in [-0.2, -0.15) is 0 Å². The minimum absolute atomic E-state index is 0.0192. The van der Waals surface area contributed by atoms with Gasteiger partial charge in [0.25, 0.3) is 0 Å². The highest BCUT2D eigenvalue weighted by molar-refractivity contribution is 7.21. The Labute approximate surface area is 131 Å². The van der Waals surface area contributed by atoms with Crippen molar-refractivity contribution in [3.8, 4) is 10.6 Å². The van der Waals surface area contributed by atoms with Crippen molar-refractivity contribution < 1.29 is 9.59 Å². The van der Waals surface area contributed by atoms with Gasteiger partial charge in [0.05, 0.1) is 22.1 Å². The molecule has 6 heteroatoms. The van der Waals surface area contributed by atoms with Crippen LogP contribution in [0.1, 0.15) is 24.2 Å². The van der Waals surface area contributed by atoms with Crippen molar-refractivity contribution in [3.05, 3.63) is 42.2 Å². The lowest BCUT2D eigenvalue weighted by Gasteiger charge is -2.02. The monoisotopic (exact) mass is 311 g/mol. The lowest BCUT2D eigenvalue weighted by Crippen LogP contribution is -2.05. The van der Waals surface area contributed by atoms with Crippen LogP contribution in [0.25, 0.3) is 20.8 Å². The summed E-state index contributed by atoms with van der Waals surface area (Å²) in [6, 6.07) is 7.33. The topological polar surface area (TPSA) is 72.0 Å². The van der Waals surface area contributed by atoms with E-state index in [1.807, 2.05) is 12.1 Å². The van der Waals surface area contributed by atoms with Gasteiger partial charge in [-0.3, -0.25) is 14.6 Å². The van der Waals surface area contributed by atoms with Crippen LogP contribution in [0.4, 0.5) is 5.69 Å². The molecule has 0 spiro atoms. The molecule has 3 rings (SSSR count). The molecule has 0 aliphatic carbocycles. The van der Waals surface area contributed by atoms with Crippen LogP contribution in [-0.2, 0) is 4.79 Å². The van der Waals surface area contributed by atoms with E-state index in [2.05, 4.69) is 15.3 Å². The molecule has 5 nitrogen and oxygen atoms in total. The molecule has 0 unspecified atom stereocenters. The van der Waals surface area contributed by atoms with E-state index in [9.17, 15) is 9.59 Å². The minimum atomic E-state index is -0.144. The predicted octanol–water partition coefficient (Wildman–Crippen LogP) is 3.52. The molecule has 0 saturated carbocycles. The molecule has 2 heterocycles. The number of aromatic nitrogens is 2. The fourth-order valence-corrected chi connectivity index (χ4v) is 3.03. The summed E-state index contributed by atoms with van der Waals surface area (Å²) in [5.41, 5.74) is 2.90. The predicted molar refractivity (Wildman–Crippen MR) is 87.2 cm³/mol. The fraction of sp³-hybridized carbons (Fsp3) is 0.125.